The molecule has 1 heterocycles. The highest BCUT2D eigenvalue weighted by Gasteiger charge is 2.31. The van der Waals surface area contributed by atoms with Gasteiger partial charge in [0.1, 0.15) is 17.5 Å². The molecule has 3 amide bonds. The van der Waals surface area contributed by atoms with Crippen LogP contribution in [0.2, 0.25) is 0 Å². The number of anilines is 2. The van der Waals surface area contributed by atoms with Crippen molar-refractivity contribution in [1.29, 1.82) is 0 Å². The molecule has 220 valence electrons. The standard InChI is InChI=1S/C29H29N3O10/c1-37-16-6-8-17(9-7-16)42-22-12-18-19(30-29(36)21(32-28(18)35)14-25(33)40-4)13-20(22)31-27(34)15-10-23(38-2)26(41-5)24(11-15)39-3/h6-13,21H,14H2,1-5H3,(H,30,36)(H,31,34)(H,32,35)/t21-/m0/s1. The Hall–Kier alpha value is -5.46. The fourth-order valence-corrected chi connectivity index (χ4v) is 4.15. The summed E-state index contributed by atoms with van der Waals surface area (Å²) in [6.45, 7) is 0. The number of carbonyl (C=O) groups is 4. The lowest BCUT2D eigenvalue weighted by Gasteiger charge is -2.17. The first-order valence-electron chi connectivity index (χ1n) is 12.5. The first-order chi connectivity index (χ1) is 20.2. The number of benzene rings is 3. The maximum atomic E-state index is 13.5. The number of carbonyl (C=O) groups excluding carboxylic acids is 4. The molecule has 0 unspecified atom stereocenters. The number of rotatable bonds is 10. The van der Waals surface area contributed by atoms with Gasteiger partial charge in [0.15, 0.2) is 17.2 Å². The Morgan fingerprint density at radius 1 is 0.810 bits per heavy atom. The van der Waals surface area contributed by atoms with E-state index in [0.29, 0.717) is 17.2 Å². The summed E-state index contributed by atoms with van der Waals surface area (Å²) in [5, 5.41) is 7.93. The third-order valence-electron chi connectivity index (χ3n) is 6.30. The Labute approximate surface area is 241 Å². The topological polar surface area (TPSA) is 160 Å². The van der Waals surface area contributed by atoms with Gasteiger partial charge in [0.25, 0.3) is 11.8 Å². The number of hydrogen-bond donors (Lipinski definition) is 3. The molecular weight excluding hydrogens is 550 g/mol. The van der Waals surface area contributed by atoms with Crippen molar-refractivity contribution in [3.05, 3.63) is 59.7 Å². The smallest absolute Gasteiger partial charge is 0.308 e. The Balaban J connectivity index is 1.75. The summed E-state index contributed by atoms with van der Waals surface area (Å²) >= 11 is 0. The predicted octanol–water partition coefficient (Wildman–Crippen LogP) is 3.38. The van der Waals surface area contributed by atoms with Crippen LogP contribution in [0, 0.1) is 0 Å². The summed E-state index contributed by atoms with van der Waals surface area (Å²) in [6, 6.07) is 11.2. The van der Waals surface area contributed by atoms with Gasteiger partial charge in [-0.2, -0.15) is 0 Å². The number of esters is 1. The van der Waals surface area contributed by atoms with Crippen LogP contribution in [-0.4, -0.2) is 65.3 Å². The second kappa shape index (κ2) is 12.8. The fourth-order valence-electron chi connectivity index (χ4n) is 4.15. The van der Waals surface area contributed by atoms with Crippen LogP contribution >= 0.6 is 0 Å². The van der Waals surface area contributed by atoms with E-state index in [9.17, 15) is 19.2 Å². The Morgan fingerprint density at radius 3 is 2.02 bits per heavy atom. The van der Waals surface area contributed by atoms with Gasteiger partial charge in [0, 0.05) is 5.56 Å². The number of hydrogen-bond acceptors (Lipinski definition) is 10. The minimum absolute atomic E-state index is 0.0463. The molecule has 0 aliphatic carbocycles. The van der Waals surface area contributed by atoms with Crippen LogP contribution in [-0.2, 0) is 14.3 Å². The number of fused-ring (bicyclic) bond motifs is 1. The van der Waals surface area contributed by atoms with Gasteiger partial charge in [-0.25, -0.2) is 0 Å². The highest BCUT2D eigenvalue weighted by molar-refractivity contribution is 6.13. The molecule has 1 aliphatic heterocycles. The number of ether oxygens (including phenoxy) is 6. The molecular formula is C29H29N3O10. The van der Waals surface area contributed by atoms with Crippen LogP contribution in [0.15, 0.2) is 48.5 Å². The van der Waals surface area contributed by atoms with E-state index in [-0.39, 0.29) is 46.2 Å². The lowest BCUT2D eigenvalue weighted by Crippen LogP contribution is -2.42. The summed E-state index contributed by atoms with van der Waals surface area (Å²) in [7, 11) is 7.00. The third-order valence-corrected chi connectivity index (χ3v) is 6.30. The molecule has 0 bridgehead atoms. The zero-order chi connectivity index (χ0) is 30.4. The van der Waals surface area contributed by atoms with Crippen LogP contribution in [0.3, 0.4) is 0 Å². The maximum Gasteiger partial charge on any atom is 0.308 e. The van der Waals surface area contributed by atoms with Gasteiger partial charge >= 0.3 is 5.97 Å². The summed E-state index contributed by atoms with van der Waals surface area (Å²) < 4.78 is 31.9. The maximum absolute atomic E-state index is 13.5. The monoisotopic (exact) mass is 579 g/mol. The van der Waals surface area contributed by atoms with Crippen molar-refractivity contribution < 1.29 is 47.6 Å². The van der Waals surface area contributed by atoms with Gasteiger partial charge in [-0.05, 0) is 48.5 Å². The molecule has 3 N–H and O–H groups in total. The number of methoxy groups -OCH3 is 5. The van der Waals surface area contributed by atoms with E-state index >= 15 is 0 Å². The lowest BCUT2D eigenvalue weighted by molar-refractivity contribution is -0.142. The Kier molecular flexibility index (Phi) is 9.00. The normalized spacial score (nSPS) is 13.9. The molecule has 13 heteroatoms. The molecule has 0 radical (unpaired) electrons. The Bertz CT molecular complexity index is 1500. The molecule has 3 aromatic carbocycles. The van der Waals surface area contributed by atoms with Crippen LogP contribution in [0.25, 0.3) is 0 Å². The van der Waals surface area contributed by atoms with E-state index in [0.717, 1.165) is 0 Å². The SMILES string of the molecule is COC(=O)C[C@@H]1NC(=O)c2cc(Oc3ccc(OC)cc3)c(NC(=O)c3cc(OC)c(OC)c(OC)c3)cc2NC1=O. The Morgan fingerprint density at radius 2 is 1.45 bits per heavy atom. The largest absolute Gasteiger partial charge is 0.497 e. The third kappa shape index (κ3) is 6.30. The molecule has 1 atom stereocenters. The average molecular weight is 580 g/mol. The molecule has 0 fully saturated rings. The van der Waals surface area contributed by atoms with Gasteiger partial charge in [0.05, 0.1) is 58.9 Å². The van der Waals surface area contributed by atoms with E-state index in [1.165, 1.54) is 59.8 Å². The molecule has 3 aromatic rings. The summed E-state index contributed by atoms with van der Waals surface area (Å²) in [5.74, 6) is -0.642. The number of nitrogens with one attached hydrogen (secondary N) is 3. The highest BCUT2D eigenvalue weighted by Crippen LogP contribution is 2.40. The first-order valence-corrected chi connectivity index (χ1v) is 12.5. The van der Waals surface area contributed by atoms with Crippen molar-refractivity contribution >= 4 is 35.1 Å². The molecule has 0 spiro atoms. The van der Waals surface area contributed by atoms with Crippen molar-refractivity contribution in [2.24, 2.45) is 0 Å². The van der Waals surface area contributed by atoms with Gasteiger partial charge < -0.3 is 44.4 Å². The second-order valence-corrected chi connectivity index (χ2v) is 8.84. The van der Waals surface area contributed by atoms with Crippen LogP contribution < -0.4 is 39.6 Å². The molecule has 4 rings (SSSR count). The second-order valence-electron chi connectivity index (χ2n) is 8.84. The van der Waals surface area contributed by atoms with Crippen molar-refractivity contribution in [2.75, 3.05) is 46.2 Å². The van der Waals surface area contributed by atoms with E-state index in [1.807, 2.05) is 0 Å². The minimum Gasteiger partial charge on any atom is -0.497 e. The van der Waals surface area contributed by atoms with E-state index in [1.54, 1.807) is 24.3 Å². The van der Waals surface area contributed by atoms with Crippen molar-refractivity contribution in [2.45, 2.75) is 12.5 Å². The quantitative estimate of drug-likeness (QED) is 0.304. The van der Waals surface area contributed by atoms with Gasteiger partial charge in [0.2, 0.25) is 11.7 Å². The summed E-state index contributed by atoms with van der Waals surface area (Å²) in [5.41, 5.74) is 0.426. The summed E-state index contributed by atoms with van der Waals surface area (Å²) in [6.07, 6.45) is -0.373. The molecule has 1 aliphatic rings. The van der Waals surface area contributed by atoms with E-state index < -0.39 is 29.7 Å². The van der Waals surface area contributed by atoms with Crippen LogP contribution in [0.4, 0.5) is 11.4 Å². The highest BCUT2D eigenvalue weighted by atomic mass is 16.5. The molecule has 0 saturated heterocycles. The average Bonchev–Trinajstić information content (AvgIpc) is 3.11. The molecule has 0 aromatic heterocycles. The molecule has 0 saturated carbocycles. The van der Waals surface area contributed by atoms with Gasteiger partial charge in [-0.15, -0.1) is 0 Å². The zero-order valence-electron chi connectivity index (χ0n) is 23.5. The van der Waals surface area contributed by atoms with Crippen molar-refractivity contribution in [3.8, 4) is 34.5 Å². The number of amides is 3. The van der Waals surface area contributed by atoms with Crippen LogP contribution in [0.1, 0.15) is 27.1 Å². The first kappa shape index (κ1) is 29.5. The minimum atomic E-state index is -1.18. The van der Waals surface area contributed by atoms with Crippen molar-refractivity contribution in [1.82, 2.24) is 5.32 Å². The zero-order valence-corrected chi connectivity index (χ0v) is 23.5. The molecule has 42 heavy (non-hydrogen) atoms. The predicted molar refractivity (Wildman–Crippen MR) is 150 cm³/mol. The van der Waals surface area contributed by atoms with Crippen LogP contribution in [0.5, 0.6) is 34.5 Å². The van der Waals surface area contributed by atoms with Gasteiger partial charge in [-0.1, -0.05) is 0 Å². The summed E-state index contributed by atoms with van der Waals surface area (Å²) in [4.78, 5) is 51.2. The lowest BCUT2D eigenvalue weighted by atomic mass is 10.1. The fraction of sp³-hybridized carbons (Fsp3) is 0.241. The van der Waals surface area contributed by atoms with Gasteiger partial charge in [-0.3, -0.25) is 19.2 Å². The van der Waals surface area contributed by atoms with E-state index in [2.05, 4.69) is 20.7 Å². The molecule has 13 nitrogen and oxygen atoms in total. The van der Waals surface area contributed by atoms with E-state index in [4.69, 9.17) is 23.7 Å². The van der Waals surface area contributed by atoms with Crippen molar-refractivity contribution in [3.63, 3.8) is 0 Å².